The number of nitrogens with one attached hydrogen (secondary N) is 1. The van der Waals surface area contributed by atoms with Gasteiger partial charge in [0.2, 0.25) is 0 Å². The number of carbonyl (C=O) groups excluding carboxylic acids is 1. The van der Waals surface area contributed by atoms with E-state index in [1.807, 2.05) is 19.2 Å². The third-order valence-corrected chi connectivity index (χ3v) is 3.09. The highest BCUT2D eigenvalue weighted by Gasteiger charge is 2.20. The first-order chi connectivity index (χ1) is 6.68. The summed E-state index contributed by atoms with van der Waals surface area (Å²) in [5.41, 5.74) is 2.72. The summed E-state index contributed by atoms with van der Waals surface area (Å²) in [6.07, 6.45) is 0.928. The van der Waals surface area contributed by atoms with Gasteiger partial charge in [0.25, 0.3) is 5.91 Å². The van der Waals surface area contributed by atoms with Crippen LogP contribution in [0.25, 0.3) is 5.57 Å². The van der Waals surface area contributed by atoms with Crippen molar-refractivity contribution in [2.45, 2.75) is 20.3 Å². The maximum atomic E-state index is 11.6. The minimum absolute atomic E-state index is 0.0130. The summed E-state index contributed by atoms with van der Waals surface area (Å²) in [6, 6.07) is 0. The summed E-state index contributed by atoms with van der Waals surface area (Å²) in [5, 5.41) is 5.78. The average molecular weight is 208 g/mol. The molecule has 0 atom stereocenters. The first kappa shape index (κ1) is 9.40. The predicted octanol–water partition coefficient (Wildman–Crippen LogP) is 1.74. The Balaban J connectivity index is 2.45. The Morgan fingerprint density at radius 2 is 2.29 bits per heavy atom. The lowest BCUT2D eigenvalue weighted by molar-refractivity contribution is -0.115. The van der Waals surface area contributed by atoms with Crippen molar-refractivity contribution in [1.29, 1.82) is 0 Å². The van der Waals surface area contributed by atoms with Gasteiger partial charge in [0.1, 0.15) is 0 Å². The average Bonchev–Trinajstić information content (AvgIpc) is 2.51. The Kier molecular flexibility index (Phi) is 2.37. The Bertz CT molecular complexity index is 406. The second-order valence-electron chi connectivity index (χ2n) is 3.41. The van der Waals surface area contributed by atoms with Gasteiger partial charge in [0.05, 0.1) is 16.3 Å². The van der Waals surface area contributed by atoms with Gasteiger partial charge >= 0.3 is 0 Å². The molecule has 1 aliphatic rings. The van der Waals surface area contributed by atoms with Gasteiger partial charge in [-0.2, -0.15) is 0 Å². The van der Waals surface area contributed by atoms with Gasteiger partial charge in [0, 0.05) is 11.9 Å². The molecule has 1 aliphatic heterocycles. The van der Waals surface area contributed by atoms with Gasteiger partial charge in [0.15, 0.2) is 0 Å². The maximum absolute atomic E-state index is 11.6. The van der Waals surface area contributed by atoms with Crippen LogP contribution in [0.2, 0.25) is 0 Å². The molecule has 0 radical (unpaired) electrons. The number of rotatable bonds is 1. The smallest absolute Gasteiger partial charge is 0.253 e. The second-order valence-corrected chi connectivity index (χ2v) is 4.48. The SMILES string of the molecule is CC1=C(c2csc(C)n2)C(=O)NCC1. The third kappa shape index (κ3) is 1.57. The lowest BCUT2D eigenvalue weighted by atomic mass is 10.0. The van der Waals surface area contributed by atoms with Gasteiger partial charge < -0.3 is 5.32 Å². The van der Waals surface area contributed by atoms with Crippen LogP contribution in [0.5, 0.6) is 0 Å². The molecule has 4 heteroatoms. The number of thiazole rings is 1. The maximum Gasteiger partial charge on any atom is 0.253 e. The summed E-state index contributed by atoms with van der Waals surface area (Å²) in [5.74, 6) is 0.0130. The molecule has 2 heterocycles. The quantitative estimate of drug-likeness (QED) is 0.764. The van der Waals surface area contributed by atoms with Crippen molar-refractivity contribution in [3.8, 4) is 0 Å². The van der Waals surface area contributed by atoms with Gasteiger partial charge in [-0.3, -0.25) is 4.79 Å². The normalized spacial score (nSPS) is 17.1. The van der Waals surface area contributed by atoms with E-state index in [1.54, 1.807) is 11.3 Å². The molecule has 0 aliphatic carbocycles. The van der Waals surface area contributed by atoms with Gasteiger partial charge in [-0.05, 0) is 20.3 Å². The Morgan fingerprint density at radius 1 is 1.50 bits per heavy atom. The van der Waals surface area contributed by atoms with Crippen LogP contribution in [0.15, 0.2) is 11.0 Å². The second kappa shape index (κ2) is 3.53. The Labute approximate surface area is 86.9 Å². The number of aryl methyl sites for hydroxylation is 1. The van der Waals surface area contributed by atoms with E-state index < -0.39 is 0 Å². The van der Waals surface area contributed by atoms with Crippen molar-refractivity contribution in [3.63, 3.8) is 0 Å². The van der Waals surface area contributed by atoms with Gasteiger partial charge in [-0.25, -0.2) is 4.98 Å². The largest absolute Gasteiger partial charge is 0.352 e. The minimum atomic E-state index is 0.0130. The molecule has 74 valence electrons. The van der Waals surface area contributed by atoms with Crippen molar-refractivity contribution in [2.75, 3.05) is 6.54 Å². The Morgan fingerprint density at radius 3 is 2.86 bits per heavy atom. The molecule has 1 N–H and O–H groups in total. The molecule has 0 bridgehead atoms. The molecule has 0 spiro atoms. The number of nitrogens with zero attached hydrogens (tertiary/aromatic N) is 1. The number of aromatic nitrogens is 1. The predicted molar refractivity (Wildman–Crippen MR) is 57.1 cm³/mol. The zero-order valence-electron chi connectivity index (χ0n) is 8.26. The van der Waals surface area contributed by atoms with Crippen molar-refractivity contribution in [1.82, 2.24) is 10.3 Å². The number of carbonyl (C=O) groups is 1. The van der Waals surface area contributed by atoms with Crippen molar-refractivity contribution < 1.29 is 4.79 Å². The molecule has 0 saturated heterocycles. The van der Waals surface area contributed by atoms with Crippen LogP contribution < -0.4 is 5.32 Å². The van der Waals surface area contributed by atoms with Crippen molar-refractivity contribution in [3.05, 3.63) is 21.7 Å². The topological polar surface area (TPSA) is 42.0 Å². The van der Waals surface area contributed by atoms with Crippen LogP contribution >= 0.6 is 11.3 Å². The number of hydrogen-bond acceptors (Lipinski definition) is 3. The summed E-state index contributed by atoms with van der Waals surface area (Å²) >= 11 is 1.58. The lowest BCUT2D eigenvalue weighted by Crippen LogP contribution is -2.30. The minimum Gasteiger partial charge on any atom is -0.352 e. The fourth-order valence-corrected chi connectivity index (χ4v) is 2.19. The molecule has 0 aromatic carbocycles. The highest BCUT2D eigenvalue weighted by Crippen LogP contribution is 2.24. The third-order valence-electron chi connectivity index (χ3n) is 2.31. The van der Waals surface area contributed by atoms with Crippen molar-refractivity contribution in [2.24, 2.45) is 0 Å². The lowest BCUT2D eigenvalue weighted by Gasteiger charge is -2.16. The summed E-state index contributed by atoms with van der Waals surface area (Å²) in [7, 11) is 0. The highest BCUT2D eigenvalue weighted by molar-refractivity contribution is 7.09. The highest BCUT2D eigenvalue weighted by atomic mass is 32.1. The molecule has 3 nitrogen and oxygen atoms in total. The van der Waals surface area contributed by atoms with E-state index in [2.05, 4.69) is 10.3 Å². The molecular weight excluding hydrogens is 196 g/mol. The van der Waals surface area contributed by atoms with Crippen LogP contribution in [0.1, 0.15) is 24.0 Å². The number of hydrogen-bond donors (Lipinski definition) is 1. The standard InChI is InChI=1S/C10H12N2OS/c1-6-3-4-11-10(13)9(6)8-5-14-7(2)12-8/h5H,3-4H2,1-2H3,(H,11,13). The molecule has 0 saturated carbocycles. The van der Waals surface area contributed by atoms with E-state index >= 15 is 0 Å². The molecule has 14 heavy (non-hydrogen) atoms. The van der Waals surface area contributed by atoms with Crippen LogP contribution in [0.3, 0.4) is 0 Å². The van der Waals surface area contributed by atoms with Gasteiger partial charge in [-0.15, -0.1) is 11.3 Å². The fourth-order valence-electron chi connectivity index (χ4n) is 1.58. The van der Waals surface area contributed by atoms with E-state index in [-0.39, 0.29) is 5.91 Å². The molecule has 2 rings (SSSR count). The molecule has 1 aromatic heterocycles. The van der Waals surface area contributed by atoms with E-state index in [9.17, 15) is 4.79 Å². The van der Waals surface area contributed by atoms with E-state index in [0.29, 0.717) is 0 Å². The zero-order valence-corrected chi connectivity index (χ0v) is 9.07. The Hall–Kier alpha value is -1.16. The molecule has 0 unspecified atom stereocenters. The molecule has 1 amide bonds. The van der Waals surface area contributed by atoms with Crippen LogP contribution in [0.4, 0.5) is 0 Å². The van der Waals surface area contributed by atoms with Crippen LogP contribution in [-0.2, 0) is 4.79 Å². The van der Waals surface area contributed by atoms with Gasteiger partial charge in [-0.1, -0.05) is 5.57 Å². The first-order valence-corrected chi connectivity index (χ1v) is 5.47. The van der Waals surface area contributed by atoms with E-state index in [1.165, 1.54) is 0 Å². The van der Waals surface area contributed by atoms with Crippen LogP contribution in [-0.4, -0.2) is 17.4 Å². The summed E-state index contributed by atoms with van der Waals surface area (Å²) < 4.78 is 0. The summed E-state index contributed by atoms with van der Waals surface area (Å²) in [4.78, 5) is 15.9. The van der Waals surface area contributed by atoms with Crippen molar-refractivity contribution >= 4 is 22.8 Å². The molecule has 0 fully saturated rings. The molecule has 1 aromatic rings. The summed E-state index contributed by atoms with van der Waals surface area (Å²) in [6.45, 7) is 4.70. The zero-order chi connectivity index (χ0) is 10.1. The fraction of sp³-hybridized carbons (Fsp3) is 0.400. The monoisotopic (exact) mass is 208 g/mol. The number of amides is 1. The van der Waals surface area contributed by atoms with E-state index in [4.69, 9.17) is 0 Å². The van der Waals surface area contributed by atoms with Crippen LogP contribution in [0, 0.1) is 6.92 Å². The first-order valence-electron chi connectivity index (χ1n) is 4.59. The molecular formula is C10H12N2OS. The van der Waals surface area contributed by atoms with E-state index in [0.717, 1.165) is 34.8 Å².